The van der Waals surface area contributed by atoms with E-state index in [1.807, 2.05) is 19.0 Å². The van der Waals surface area contributed by atoms with E-state index in [4.69, 9.17) is 5.84 Å². The first-order valence-corrected chi connectivity index (χ1v) is 7.19. The quantitative estimate of drug-likeness (QED) is 0.479. The van der Waals surface area contributed by atoms with E-state index >= 15 is 0 Å². The highest BCUT2D eigenvalue weighted by molar-refractivity contribution is 8.00. The highest BCUT2D eigenvalue weighted by Crippen LogP contribution is 2.31. The summed E-state index contributed by atoms with van der Waals surface area (Å²) in [5.74, 6) is 6.03. The summed E-state index contributed by atoms with van der Waals surface area (Å²) in [5.41, 5.74) is 3.41. The van der Waals surface area contributed by atoms with Crippen LogP contribution in [0.4, 0.5) is 10.1 Å². The standard InChI is InChI=1S/C7H11N7S3/c1-14(2)6-11-12-7(16-6)15-3-4-5(9-8)17-13-10-4/h9H,3,8H2,1-2H3. The average Bonchev–Trinajstić information content (AvgIpc) is 2.95. The van der Waals surface area contributed by atoms with Gasteiger partial charge in [-0.15, -0.1) is 15.3 Å². The van der Waals surface area contributed by atoms with E-state index in [0.29, 0.717) is 5.75 Å². The number of aromatic nitrogens is 4. The molecule has 0 saturated heterocycles. The molecule has 0 aliphatic rings. The van der Waals surface area contributed by atoms with Crippen molar-refractivity contribution in [3.8, 4) is 0 Å². The lowest BCUT2D eigenvalue weighted by Gasteiger charge is -2.03. The number of hydrogen-bond acceptors (Lipinski definition) is 10. The molecule has 2 rings (SSSR count). The van der Waals surface area contributed by atoms with E-state index < -0.39 is 0 Å². The third kappa shape index (κ3) is 3.03. The van der Waals surface area contributed by atoms with Gasteiger partial charge in [-0.2, -0.15) is 0 Å². The topological polar surface area (TPSA) is 92.8 Å². The lowest BCUT2D eigenvalue weighted by molar-refractivity contribution is 0.971. The van der Waals surface area contributed by atoms with Gasteiger partial charge in [0.25, 0.3) is 0 Å². The molecule has 0 radical (unpaired) electrons. The van der Waals surface area contributed by atoms with Crippen LogP contribution in [0.3, 0.4) is 0 Å². The third-order valence-corrected chi connectivity index (χ3v) is 4.73. The molecule has 10 heteroatoms. The Morgan fingerprint density at radius 3 is 2.82 bits per heavy atom. The fourth-order valence-corrected chi connectivity index (χ4v) is 3.27. The highest BCUT2D eigenvalue weighted by atomic mass is 32.2. The van der Waals surface area contributed by atoms with Crippen molar-refractivity contribution in [2.75, 3.05) is 24.4 Å². The molecular formula is C7H11N7S3. The zero-order chi connectivity index (χ0) is 12.3. The summed E-state index contributed by atoms with van der Waals surface area (Å²) in [6, 6.07) is 0. The minimum atomic E-state index is 0.679. The fraction of sp³-hybridized carbons (Fsp3) is 0.429. The number of anilines is 2. The van der Waals surface area contributed by atoms with Crippen LogP contribution in [-0.4, -0.2) is 33.9 Å². The second-order valence-corrected chi connectivity index (χ2v) is 6.16. The summed E-state index contributed by atoms with van der Waals surface area (Å²) in [6.07, 6.45) is 0. The minimum Gasteiger partial charge on any atom is -0.353 e. The molecule has 0 atom stereocenters. The molecule has 0 aliphatic heterocycles. The van der Waals surface area contributed by atoms with Gasteiger partial charge in [-0.1, -0.05) is 27.6 Å². The van der Waals surface area contributed by atoms with Gasteiger partial charge in [0.05, 0.1) is 0 Å². The van der Waals surface area contributed by atoms with Crippen molar-refractivity contribution in [3.05, 3.63) is 5.69 Å². The van der Waals surface area contributed by atoms with Gasteiger partial charge in [0, 0.05) is 31.4 Å². The first-order chi connectivity index (χ1) is 8.20. The molecule has 7 nitrogen and oxygen atoms in total. The number of rotatable bonds is 5. The first-order valence-electron chi connectivity index (χ1n) is 4.62. The lowest BCUT2D eigenvalue weighted by Crippen LogP contribution is -2.07. The van der Waals surface area contributed by atoms with Crippen LogP contribution in [0.5, 0.6) is 0 Å². The van der Waals surface area contributed by atoms with Gasteiger partial charge >= 0.3 is 0 Å². The molecule has 0 amide bonds. The van der Waals surface area contributed by atoms with Crippen LogP contribution in [-0.2, 0) is 5.75 Å². The average molecular weight is 289 g/mol. The first kappa shape index (κ1) is 12.5. The van der Waals surface area contributed by atoms with Crippen LogP contribution in [0.15, 0.2) is 4.34 Å². The minimum absolute atomic E-state index is 0.679. The highest BCUT2D eigenvalue weighted by Gasteiger charge is 2.10. The predicted octanol–water partition coefficient (Wildman–Crippen LogP) is 1.03. The molecule has 0 bridgehead atoms. The summed E-state index contributed by atoms with van der Waals surface area (Å²) in [4.78, 5) is 1.93. The van der Waals surface area contributed by atoms with E-state index in [0.717, 1.165) is 20.2 Å². The van der Waals surface area contributed by atoms with Gasteiger partial charge in [-0.3, -0.25) is 0 Å². The molecular weight excluding hydrogens is 278 g/mol. The Balaban J connectivity index is 1.97. The number of hydrogen-bond donors (Lipinski definition) is 2. The van der Waals surface area contributed by atoms with Gasteiger partial charge in [-0.25, -0.2) is 5.84 Å². The Morgan fingerprint density at radius 2 is 2.18 bits per heavy atom. The second-order valence-electron chi connectivity index (χ2n) is 3.23. The van der Waals surface area contributed by atoms with Gasteiger partial charge < -0.3 is 10.3 Å². The maximum absolute atomic E-state index is 5.35. The summed E-state index contributed by atoms with van der Waals surface area (Å²) in [7, 11) is 3.88. The number of nitrogen functional groups attached to an aromatic ring is 1. The van der Waals surface area contributed by atoms with Crippen LogP contribution < -0.4 is 16.2 Å². The van der Waals surface area contributed by atoms with Crippen LogP contribution in [0.1, 0.15) is 5.69 Å². The number of nitrogens with zero attached hydrogens (tertiary/aromatic N) is 5. The van der Waals surface area contributed by atoms with Gasteiger partial charge in [0.1, 0.15) is 10.7 Å². The van der Waals surface area contributed by atoms with Crippen molar-refractivity contribution < 1.29 is 0 Å². The van der Waals surface area contributed by atoms with Crippen molar-refractivity contribution >= 4 is 44.8 Å². The molecule has 0 spiro atoms. The smallest absolute Gasteiger partial charge is 0.208 e. The monoisotopic (exact) mass is 289 g/mol. The number of nitrogens with one attached hydrogen (secondary N) is 1. The summed E-state index contributed by atoms with van der Waals surface area (Å²) < 4.78 is 4.74. The molecule has 0 unspecified atom stereocenters. The number of nitrogens with two attached hydrogens (primary N) is 1. The van der Waals surface area contributed by atoms with Crippen LogP contribution in [0.2, 0.25) is 0 Å². The van der Waals surface area contributed by atoms with E-state index in [2.05, 4.69) is 25.2 Å². The van der Waals surface area contributed by atoms with Gasteiger partial charge in [0.15, 0.2) is 4.34 Å². The van der Waals surface area contributed by atoms with Gasteiger partial charge in [0.2, 0.25) is 5.13 Å². The molecule has 92 valence electrons. The maximum atomic E-state index is 5.35. The Labute approximate surface area is 111 Å². The Kier molecular flexibility index (Phi) is 4.10. The van der Waals surface area contributed by atoms with Crippen LogP contribution in [0, 0.1) is 0 Å². The number of thioether (sulfide) groups is 1. The largest absolute Gasteiger partial charge is 0.353 e. The Morgan fingerprint density at radius 1 is 1.35 bits per heavy atom. The van der Waals surface area contributed by atoms with Crippen molar-refractivity contribution in [1.29, 1.82) is 0 Å². The van der Waals surface area contributed by atoms with Crippen molar-refractivity contribution in [2.24, 2.45) is 5.84 Å². The molecule has 3 N–H and O–H groups in total. The molecule has 0 aromatic carbocycles. The SMILES string of the molecule is CN(C)c1nnc(SCc2nnsc2NN)s1. The van der Waals surface area contributed by atoms with E-state index in [1.54, 1.807) is 23.1 Å². The third-order valence-electron chi connectivity index (χ3n) is 1.80. The zero-order valence-electron chi connectivity index (χ0n) is 9.25. The van der Waals surface area contributed by atoms with E-state index in [9.17, 15) is 0 Å². The summed E-state index contributed by atoms with van der Waals surface area (Å²) in [5, 5.41) is 13.8. The molecule has 0 fully saturated rings. The Bertz CT molecular complexity index is 479. The molecule has 2 heterocycles. The van der Waals surface area contributed by atoms with Crippen LogP contribution in [0.25, 0.3) is 0 Å². The van der Waals surface area contributed by atoms with Crippen LogP contribution >= 0.6 is 34.6 Å². The molecule has 0 saturated carbocycles. The lowest BCUT2D eigenvalue weighted by atomic mass is 10.5. The zero-order valence-corrected chi connectivity index (χ0v) is 11.7. The second kappa shape index (κ2) is 5.58. The van der Waals surface area contributed by atoms with Gasteiger partial charge in [-0.05, 0) is 0 Å². The summed E-state index contributed by atoms with van der Waals surface area (Å²) >= 11 is 4.36. The number of hydrazine groups is 1. The molecule has 2 aromatic heterocycles. The Hall–Kier alpha value is -0.970. The summed E-state index contributed by atoms with van der Waals surface area (Å²) in [6.45, 7) is 0. The van der Waals surface area contributed by atoms with Crippen molar-refractivity contribution in [3.63, 3.8) is 0 Å². The van der Waals surface area contributed by atoms with Crippen molar-refractivity contribution in [1.82, 2.24) is 19.8 Å². The molecule has 17 heavy (non-hydrogen) atoms. The predicted molar refractivity (Wildman–Crippen MR) is 71.5 cm³/mol. The fourth-order valence-electron chi connectivity index (χ4n) is 0.984. The van der Waals surface area contributed by atoms with E-state index in [-0.39, 0.29) is 0 Å². The normalized spacial score (nSPS) is 10.5. The van der Waals surface area contributed by atoms with E-state index in [1.165, 1.54) is 11.5 Å². The van der Waals surface area contributed by atoms with Crippen molar-refractivity contribution in [2.45, 2.75) is 10.1 Å². The molecule has 0 aliphatic carbocycles. The molecule has 2 aromatic rings. The maximum Gasteiger partial charge on any atom is 0.208 e.